The van der Waals surface area contributed by atoms with E-state index < -0.39 is 0 Å². The number of benzene rings is 1. The zero-order valence-corrected chi connectivity index (χ0v) is 12.2. The highest BCUT2D eigenvalue weighted by Gasteiger charge is 1.98. The van der Waals surface area contributed by atoms with Crippen LogP contribution in [0.3, 0.4) is 0 Å². The normalized spacial score (nSPS) is 10.9. The van der Waals surface area contributed by atoms with Gasteiger partial charge in [-0.15, -0.1) is 0 Å². The van der Waals surface area contributed by atoms with E-state index in [1.54, 1.807) is 0 Å². The molecule has 0 radical (unpaired) electrons. The summed E-state index contributed by atoms with van der Waals surface area (Å²) >= 11 is 0. The van der Waals surface area contributed by atoms with Gasteiger partial charge < -0.3 is 15.6 Å². The lowest BCUT2D eigenvalue weighted by atomic mass is 10.1. The van der Waals surface area contributed by atoms with E-state index in [-0.39, 0.29) is 0 Å². The number of fused-ring (bicyclic) bond motifs is 1. The highest BCUT2D eigenvalue weighted by molar-refractivity contribution is 5.79. The molecule has 2 heterocycles. The molecule has 2 aromatic heterocycles. The molecule has 0 unspecified atom stereocenters. The van der Waals surface area contributed by atoms with E-state index >= 15 is 0 Å². The largest absolute Gasteiger partial charge is 0.383 e. The predicted molar refractivity (Wildman–Crippen MR) is 87.5 cm³/mol. The van der Waals surface area contributed by atoms with Crippen LogP contribution in [0, 0.1) is 6.92 Å². The van der Waals surface area contributed by atoms with Crippen LogP contribution in [0.2, 0.25) is 0 Å². The van der Waals surface area contributed by atoms with Gasteiger partial charge in [0.1, 0.15) is 0 Å². The maximum Gasteiger partial charge on any atom is 0.0454 e. The minimum Gasteiger partial charge on any atom is -0.383 e. The number of pyridine rings is 1. The molecule has 3 rings (SSSR count). The van der Waals surface area contributed by atoms with Gasteiger partial charge in [0.05, 0.1) is 0 Å². The lowest BCUT2D eigenvalue weighted by molar-refractivity contribution is 0.707. The van der Waals surface area contributed by atoms with Crippen LogP contribution < -0.4 is 10.6 Å². The van der Waals surface area contributed by atoms with Gasteiger partial charge in [-0.3, -0.25) is 4.98 Å². The SMILES string of the molecule is Cc1cnccc1NCCNCc1ccc2[nH]ccc2c1. The maximum absolute atomic E-state index is 4.09. The van der Waals surface area contributed by atoms with Crippen LogP contribution in [0.25, 0.3) is 10.9 Å². The summed E-state index contributed by atoms with van der Waals surface area (Å²) in [5.41, 5.74) is 4.83. The van der Waals surface area contributed by atoms with Crippen molar-refractivity contribution in [3.63, 3.8) is 0 Å². The average molecular weight is 280 g/mol. The number of anilines is 1. The Kier molecular flexibility index (Phi) is 4.17. The van der Waals surface area contributed by atoms with Crippen LogP contribution in [0.15, 0.2) is 48.9 Å². The van der Waals surface area contributed by atoms with Crippen LogP contribution in [-0.4, -0.2) is 23.1 Å². The molecule has 108 valence electrons. The second-order valence-corrected chi connectivity index (χ2v) is 5.19. The molecule has 0 fully saturated rings. The second-order valence-electron chi connectivity index (χ2n) is 5.19. The molecule has 0 spiro atoms. The first-order chi connectivity index (χ1) is 10.3. The summed E-state index contributed by atoms with van der Waals surface area (Å²) in [6.45, 7) is 4.77. The number of nitrogens with one attached hydrogen (secondary N) is 3. The number of aromatic nitrogens is 2. The van der Waals surface area contributed by atoms with Crippen molar-refractivity contribution >= 4 is 16.6 Å². The first kappa shape index (κ1) is 13.6. The topological polar surface area (TPSA) is 52.7 Å². The molecule has 3 N–H and O–H groups in total. The lowest BCUT2D eigenvalue weighted by Gasteiger charge is -2.10. The monoisotopic (exact) mass is 280 g/mol. The van der Waals surface area contributed by atoms with Crippen molar-refractivity contribution in [2.45, 2.75) is 13.5 Å². The summed E-state index contributed by atoms with van der Waals surface area (Å²) in [7, 11) is 0. The minimum atomic E-state index is 0.887. The molecule has 1 aromatic carbocycles. The van der Waals surface area contributed by atoms with Crippen molar-refractivity contribution in [2.24, 2.45) is 0 Å². The van der Waals surface area contributed by atoms with E-state index in [4.69, 9.17) is 0 Å². The standard InChI is InChI=1S/C17H20N4/c1-13-11-18-6-5-16(13)21-9-8-19-12-14-2-3-17-15(10-14)4-7-20-17/h2-7,10-11,19-20H,8-9,12H2,1H3,(H,18,21). The van der Waals surface area contributed by atoms with Gasteiger partial charge in [-0.05, 0) is 47.7 Å². The lowest BCUT2D eigenvalue weighted by Crippen LogP contribution is -2.22. The first-order valence-corrected chi connectivity index (χ1v) is 7.24. The summed E-state index contributed by atoms with van der Waals surface area (Å²) in [6, 6.07) is 10.6. The third-order valence-electron chi connectivity index (χ3n) is 3.58. The van der Waals surface area contributed by atoms with E-state index in [0.29, 0.717) is 0 Å². The Hall–Kier alpha value is -2.33. The van der Waals surface area contributed by atoms with Crippen molar-refractivity contribution in [1.29, 1.82) is 0 Å². The maximum atomic E-state index is 4.09. The molecule has 0 atom stereocenters. The fraction of sp³-hybridized carbons (Fsp3) is 0.235. The molecule has 0 aliphatic rings. The molecule has 0 aliphatic heterocycles. The van der Waals surface area contributed by atoms with Crippen LogP contribution in [-0.2, 0) is 6.54 Å². The summed E-state index contributed by atoms with van der Waals surface area (Å²) in [5, 5.41) is 8.14. The highest BCUT2D eigenvalue weighted by Crippen LogP contribution is 2.14. The number of hydrogen-bond donors (Lipinski definition) is 3. The van der Waals surface area contributed by atoms with Gasteiger partial charge in [0, 0.05) is 49.4 Å². The van der Waals surface area contributed by atoms with Crippen molar-refractivity contribution < 1.29 is 0 Å². The average Bonchev–Trinajstić information content (AvgIpc) is 2.96. The van der Waals surface area contributed by atoms with Crippen LogP contribution in [0.1, 0.15) is 11.1 Å². The van der Waals surface area contributed by atoms with E-state index in [9.17, 15) is 0 Å². The Morgan fingerprint density at radius 1 is 1.14 bits per heavy atom. The fourth-order valence-electron chi connectivity index (χ4n) is 2.40. The summed E-state index contributed by atoms with van der Waals surface area (Å²) in [4.78, 5) is 7.30. The fourth-order valence-corrected chi connectivity index (χ4v) is 2.40. The van der Waals surface area contributed by atoms with Crippen LogP contribution >= 0.6 is 0 Å². The van der Waals surface area contributed by atoms with E-state index in [0.717, 1.165) is 25.3 Å². The second kappa shape index (κ2) is 6.41. The van der Waals surface area contributed by atoms with Gasteiger partial charge in [0.25, 0.3) is 0 Å². The Bertz CT molecular complexity index is 717. The molecule has 21 heavy (non-hydrogen) atoms. The van der Waals surface area contributed by atoms with Gasteiger partial charge >= 0.3 is 0 Å². The zero-order chi connectivity index (χ0) is 14.5. The number of rotatable bonds is 6. The van der Waals surface area contributed by atoms with Crippen LogP contribution in [0.4, 0.5) is 5.69 Å². The summed E-state index contributed by atoms with van der Waals surface area (Å²) in [6.07, 6.45) is 5.67. The van der Waals surface area contributed by atoms with Crippen molar-refractivity contribution in [2.75, 3.05) is 18.4 Å². The molecule has 0 saturated heterocycles. The van der Waals surface area contributed by atoms with Crippen molar-refractivity contribution in [3.8, 4) is 0 Å². The Morgan fingerprint density at radius 2 is 2.10 bits per heavy atom. The molecule has 3 aromatic rings. The van der Waals surface area contributed by atoms with E-state index in [1.807, 2.05) is 24.7 Å². The molecular formula is C17H20N4. The number of hydrogen-bond acceptors (Lipinski definition) is 3. The van der Waals surface area contributed by atoms with Gasteiger partial charge in [-0.2, -0.15) is 0 Å². The predicted octanol–water partition coefficient (Wildman–Crippen LogP) is 3.07. The molecule has 4 heteroatoms. The number of aryl methyl sites for hydroxylation is 1. The Labute approximate surface area is 124 Å². The molecule has 0 bridgehead atoms. The van der Waals surface area contributed by atoms with E-state index in [1.165, 1.54) is 22.0 Å². The van der Waals surface area contributed by atoms with Crippen molar-refractivity contribution in [3.05, 3.63) is 60.0 Å². The third kappa shape index (κ3) is 3.41. The number of aromatic amines is 1. The zero-order valence-electron chi connectivity index (χ0n) is 12.2. The summed E-state index contributed by atoms with van der Waals surface area (Å²) < 4.78 is 0. The molecular weight excluding hydrogens is 260 g/mol. The van der Waals surface area contributed by atoms with E-state index in [2.05, 4.69) is 51.8 Å². The first-order valence-electron chi connectivity index (χ1n) is 7.24. The van der Waals surface area contributed by atoms with Gasteiger partial charge in [0.15, 0.2) is 0 Å². The molecule has 0 amide bonds. The number of H-pyrrole nitrogens is 1. The quantitative estimate of drug-likeness (QED) is 0.608. The molecule has 0 aliphatic carbocycles. The highest BCUT2D eigenvalue weighted by atomic mass is 14.9. The molecule has 4 nitrogen and oxygen atoms in total. The van der Waals surface area contributed by atoms with Gasteiger partial charge in [0.2, 0.25) is 0 Å². The minimum absolute atomic E-state index is 0.887. The third-order valence-corrected chi connectivity index (χ3v) is 3.58. The van der Waals surface area contributed by atoms with Gasteiger partial charge in [-0.1, -0.05) is 6.07 Å². The molecule has 0 saturated carbocycles. The van der Waals surface area contributed by atoms with Crippen LogP contribution in [0.5, 0.6) is 0 Å². The summed E-state index contributed by atoms with van der Waals surface area (Å²) in [5.74, 6) is 0. The Morgan fingerprint density at radius 3 is 3.00 bits per heavy atom. The number of nitrogens with zero attached hydrogens (tertiary/aromatic N) is 1. The van der Waals surface area contributed by atoms with Crippen molar-refractivity contribution in [1.82, 2.24) is 15.3 Å². The Balaban J connectivity index is 1.45. The smallest absolute Gasteiger partial charge is 0.0454 e. The van der Waals surface area contributed by atoms with Gasteiger partial charge in [-0.25, -0.2) is 0 Å².